The van der Waals surface area contributed by atoms with E-state index in [0.717, 1.165) is 11.3 Å². The van der Waals surface area contributed by atoms with E-state index in [9.17, 15) is 0 Å². The number of pyridine rings is 1. The smallest absolute Gasteiger partial charge is 0.181 e. The quantitative estimate of drug-likeness (QED) is 0.569. The van der Waals surface area contributed by atoms with Crippen LogP contribution in [0.1, 0.15) is 23.1 Å². The average molecular weight is 232 g/mol. The van der Waals surface area contributed by atoms with Crippen LogP contribution in [0, 0.1) is 13.8 Å². The van der Waals surface area contributed by atoms with Crippen molar-refractivity contribution in [1.29, 1.82) is 0 Å². The molecular weight excluding hydrogens is 222 g/mol. The molecule has 0 atom stereocenters. The van der Waals surface area contributed by atoms with Crippen molar-refractivity contribution in [3.05, 3.63) is 27.5 Å². The van der Waals surface area contributed by atoms with Crippen molar-refractivity contribution in [2.45, 2.75) is 20.1 Å². The number of aliphatic hydroxyl groups excluding tert-OH is 1. The number of rotatable bonds is 1. The molecule has 0 bridgehead atoms. The molecule has 0 radical (unpaired) electrons. The predicted octanol–water partition coefficient (Wildman–Crippen LogP) is 1.44. The summed E-state index contributed by atoms with van der Waals surface area (Å²) in [4.78, 5) is 4.05. The van der Waals surface area contributed by atoms with Gasteiger partial charge in [-0.3, -0.25) is 0 Å². The lowest BCUT2D eigenvalue weighted by atomic mass is 10.1. The van der Waals surface area contributed by atoms with Gasteiger partial charge in [0.05, 0.1) is 0 Å². The molecule has 66 valence electrons. The Hall–Kier alpha value is -0.450. The first-order valence-electron chi connectivity index (χ1n) is 3.52. The van der Waals surface area contributed by atoms with E-state index in [1.807, 2.05) is 13.8 Å². The van der Waals surface area contributed by atoms with Crippen LogP contribution in [0.25, 0.3) is 0 Å². The van der Waals surface area contributed by atoms with E-state index in [2.05, 4.69) is 20.9 Å². The largest absolute Gasteiger partial charge is 0.364 e. The molecular formula is C8H10BrNO2. The Bertz CT molecular complexity index is 276. The van der Waals surface area contributed by atoms with Crippen LogP contribution in [0.2, 0.25) is 0 Å². The van der Waals surface area contributed by atoms with E-state index in [-0.39, 0.29) is 0 Å². The van der Waals surface area contributed by atoms with Gasteiger partial charge in [0.1, 0.15) is 4.60 Å². The summed E-state index contributed by atoms with van der Waals surface area (Å²) in [6.07, 6.45) is -1.47. The lowest BCUT2D eigenvalue weighted by Gasteiger charge is -2.10. The number of hydrogen-bond acceptors (Lipinski definition) is 3. The van der Waals surface area contributed by atoms with E-state index in [4.69, 9.17) is 10.2 Å². The Balaban J connectivity index is 3.28. The molecule has 4 heteroatoms. The molecule has 2 N–H and O–H groups in total. The van der Waals surface area contributed by atoms with Crippen LogP contribution >= 0.6 is 15.9 Å². The van der Waals surface area contributed by atoms with Gasteiger partial charge in [0.2, 0.25) is 0 Å². The van der Waals surface area contributed by atoms with Gasteiger partial charge in [-0.25, -0.2) is 4.98 Å². The molecule has 0 aliphatic heterocycles. The highest BCUT2D eigenvalue weighted by molar-refractivity contribution is 9.10. The highest BCUT2D eigenvalue weighted by atomic mass is 79.9. The Morgan fingerprint density at radius 1 is 1.42 bits per heavy atom. The molecule has 3 nitrogen and oxygen atoms in total. The van der Waals surface area contributed by atoms with E-state index >= 15 is 0 Å². The third kappa shape index (κ3) is 1.83. The van der Waals surface area contributed by atoms with Crippen molar-refractivity contribution < 1.29 is 10.2 Å². The van der Waals surface area contributed by atoms with Gasteiger partial charge in [-0.2, -0.15) is 0 Å². The summed E-state index contributed by atoms with van der Waals surface area (Å²) < 4.78 is 0.495. The average Bonchev–Trinajstić information content (AvgIpc) is 1.82. The van der Waals surface area contributed by atoms with Crippen molar-refractivity contribution in [2.24, 2.45) is 0 Å². The van der Waals surface area contributed by atoms with Crippen LogP contribution in [-0.4, -0.2) is 15.2 Å². The molecule has 0 saturated carbocycles. The monoisotopic (exact) mass is 231 g/mol. The zero-order valence-corrected chi connectivity index (χ0v) is 8.46. The van der Waals surface area contributed by atoms with Crippen LogP contribution in [0.4, 0.5) is 0 Å². The molecule has 0 amide bonds. The van der Waals surface area contributed by atoms with Crippen molar-refractivity contribution >= 4 is 15.9 Å². The fraction of sp³-hybridized carbons (Fsp3) is 0.375. The standard InChI is InChI=1S/C8H10BrNO2/c1-4-3-5(2)10-7(9)6(4)8(11)12/h3,8,11-12H,1-2H3. The first kappa shape index (κ1) is 9.64. The molecule has 0 aliphatic rings. The van der Waals surface area contributed by atoms with Gasteiger partial charge in [0.15, 0.2) is 6.29 Å². The molecule has 0 saturated heterocycles. The maximum absolute atomic E-state index is 8.96. The zero-order valence-electron chi connectivity index (χ0n) is 6.87. The second-order valence-corrected chi connectivity index (χ2v) is 3.41. The van der Waals surface area contributed by atoms with Gasteiger partial charge in [0, 0.05) is 11.3 Å². The lowest BCUT2D eigenvalue weighted by molar-refractivity contribution is -0.0437. The summed E-state index contributed by atoms with van der Waals surface area (Å²) >= 11 is 3.17. The van der Waals surface area contributed by atoms with Crippen LogP contribution in [0.15, 0.2) is 10.7 Å². The normalized spacial score (nSPS) is 10.8. The van der Waals surface area contributed by atoms with E-state index < -0.39 is 6.29 Å². The number of hydrogen-bond donors (Lipinski definition) is 2. The molecule has 0 fully saturated rings. The third-order valence-electron chi connectivity index (χ3n) is 1.61. The summed E-state index contributed by atoms with van der Waals surface area (Å²) in [5.41, 5.74) is 2.11. The van der Waals surface area contributed by atoms with Gasteiger partial charge in [-0.15, -0.1) is 0 Å². The van der Waals surface area contributed by atoms with Gasteiger partial charge in [0.25, 0.3) is 0 Å². The molecule has 12 heavy (non-hydrogen) atoms. The molecule has 0 aromatic carbocycles. The van der Waals surface area contributed by atoms with Crippen LogP contribution < -0.4 is 0 Å². The minimum atomic E-state index is -1.47. The summed E-state index contributed by atoms with van der Waals surface area (Å²) in [7, 11) is 0. The molecule has 0 aliphatic carbocycles. The summed E-state index contributed by atoms with van der Waals surface area (Å²) in [6.45, 7) is 3.67. The van der Waals surface area contributed by atoms with E-state index in [1.165, 1.54) is 0 Å². The second-order valence-electron chi connectivity index (χ2n) is 2.66. The van der Waals surface area contributed by atoms with E-state index in [1.54, 1.807) is 6.07 Å². The maximum atomic E-state index is 8.96. The lowest BCUT2D eigenvalue weighted by Crippen LogP contribution is -2.02. The van der Waals surface area contributed by atoms with Crippen LogP contribution in [-0.2, 0) is 0 Å². The Kier molecular flexibility index (Phi) is 2.82. The topological polar surface area (TPSA) is 53.4 Å². The van der Waals surface area contributed by atoms with Crippen molar-refractivity contribution in [3.8, 4) is 0 Å². The number of aromatic nitrogens is 1. The maximum Gasteiger partial charge on any atom is 0.181 e. The highest BCUT2D eigenvalue weighted by Crippen LogP contribution is 2.24. The number of nitrogens with zero attached hydrogens (tertiary/aromatic N) is 1. The van der Waals surface area contributed by atoms with Crippen LogP contribution in [0.3, 0.4) is 0 Å². The second kappa shape index (κ2) is 3.51. The van der Waals surface area contributed by atoms with Gasteiger partial charge < -0.3 is 10.2 Å². The SMILES string of the molecule is Cc1cc(C)c(C(O)O)c(Br)n1. The number of aliphatic hydroxyl groups is 2. The number of aryl methyl sites for hydroxylation is 2. The fourth-order valence-corrected chi connectivity index (χ4v) is 1.91. The molecule has 1 aromatic rings. The molecule has 0 spiro atoms. The Labute approximate surface area is 79.2 Å². The third-order valence-corrected chi connectivity index (χ3v) is 2.21. The first-order valence-corrected chi connectivity index (χ1v) is 4.31. The van der Waals surface area contributed by atoms with Gasteiger partial charge in [-0.05, 0) is 41.4 Å². The fourth-order valence-electron chi connectivity index (χ4n) is 1.11. The van der Waals surface area contributed by atoms with Crippen molar-refractivity contribution in [2.75, 3.05) is 0 Å². The highest BCUT2D eigenvalue weighted by Gasteiger charge is 2.12. The summed E-state index contributed by atoms with van der Waals surface area (Å²) in [5.74, 6) is 0. The Morgan fingerprint density at radius 2 is 2.00 bits per heavy atom. The Morgan fingerprint density at radius 3 is 2.42 bits per heavy atom. The molecule has 1 heterocycles. The van der Waals surface area contributed by atoms with E-state index in [0.29, 0.717) is 10.2 Å². The summed E-state index contributed by atoms with van der Waals surface area (Å²) in [6, 6.07) is 1.81. The molecule has 1 aromatic heterocycles. The van der Waals surface area contributed by atoms with Gasteiger partial charge in [-0.1, -0.05) is 0 Å². The summed E-state index contributed by atoms with van der Waals surface area (Å²) in [5, 5.41) is 17.9. The van der Waals surface area contributed by atoms with Crippen LogP contribution in [0.5, 0.6) is 0 Å². The molecule has 0 unspecified atom stereocenters. The number of halogens is 1. The van der Waals surface area contributed by atoms with Gasteiger partial charge >= 0.3 is 0 Å². The van der Waals surface area contributed by atoms with Crippen molar-refractivity contribution in [3.63, 3.8) is 0 Å². The van der Waals surface area contributed by atoms with Crippen molar-refractivity contribution in [1.82, 2.24) is 4.98 Å². The predicted molar refractivity (Wildman–Crippen MR) is 48.6 cm³/mol. The molecule has 1 rings (SSSR count). The zero-order chi connectivity index (χ0) is 9.30. The minimum absolute atomic E-state index is 0.431. The first-order chi connectivity index (χ1) is 5.52. The minimum Gasteiger partial charge on any atom is -0.364 e.